The van der Waals surface area contributed by atoms with Crippen LogP contribution in [0.15, 0.2) is 23.6 Å². The molecule has 8 heteroatoms. The molecule has 1 atom stereocenters. The Labute approximate surface area is 125 Å². The van der Waals surface area contributed by atoms with E-state index in [1.807, 2.05) is 0 Å². The fraction of sp³-hybridized carbons (Fsp3) is 0.692. The van der Waals surface area contributed by atoms with Crippen LogP contribution in [-0.4, -0.2) is 62.2 Å². The summed E-state index contributed by atoms with van der Waals surface area (Å²) in [6.45, 7) is 6.02. The van der Waals surface area contributed by atoms with Gasteiger partial charge >= 0.3 is 0 Å². The van der Waals surface area contributed by atoms with Crippen molar-refractivity contribution in [2.75, 3.05) is 32.8 Å². The zero-order valence-corrected chi connectivity index (χ0v) is 13.1. The lowest BCUT2D eigenvalue weighted by atomic mass is 10.3. The molecular formula is C13H22N4O3S. The van der Waals surface area contributed by atoms with Gasteiger partial charge in [0.1, 0.15) is 0 Å². The first-order valence-corrected chi connectivity index (χ1v) is 8.66. The summed E-state index contributed by atoms with van der Waals surface area (Å²) < 4.78 is 32.0. The van der Waals surface area contributed by atoms with E-state index in [2.05, 4.69) is 26.5 Å². The van der Waals surface area contributed by atoms with Gasteiger partial charge in [0.15, 0.2) is 5.03 Å². The summed E-state index contributed by atoms with van der Waals surface area (Å²) in [5.41, 5.74) is 0. The number of hydrogen-bond acceptors (Lipinski definition) is 6. The zero-order chi connectivity index (χ0) is 15.1. The Hall–Kier alpha value is -1.09. The lowest BCUT2D eigenvalue weighted by Crippen LogP contribution is -2.33. The number of hydrogen-bond donors (Lipinski definition) is 1. The summed E-state index contributed by atoms with van der Waals surface area (Å²) in [6.07, 6.45) is 6.08. The van der Waals surface area contributed by atoms with E-state index in [4.69, 9.17) is 4.74 Å². The number of rotatable bonds is 6. The molecule has 1 unspecified atom stereocenters. The average molecular weight is 314 g/mol. The molecule has 2 rings (SSSR count). The molecule has 21 heavy (non-hydrogen) atoms. The molecule has 1 aliphatic heterocycles. The quantitative estimate of drug-likeness (QED) is 0.758. The van der Waals surface area contributed by atoms with Crippen molar-refractivity contribution in [3.05, 3.63) is 18.6 Å². The molecule has 1 aromatic rings. The molecule has 0 radical (unpaired) electrons. The van der Waals surface area contributed by atoms with Gasteiger partial charge in [0.2, 0.25) is 0 Å². The number of sulfonamides is 1. The number of nitrogens with zero attached hydrogens (tertiary/aromatic N) is 3. The highest BCUT2D eigenvalue weighted by atomic mass is 32.2. The van der Waals surface area contributed by atoms with E-state index in [1.54, 1.807) is 0 Å². The van der Waals surface area contributed by atoms with Crippen LogP contribution >= 0.6 is 0 Å². The molecule has 1 aliphatic rings. The van der Waals surface area contributed by atoms with Crippen LogP contribution in [0.3, 0.4) is 0 Å². The van der Waals surface area contributed by atoms with E-state index in [0.717, 1.165) is 39.1 Å². The van der Waals surface area contributed by atoms with E-state index >= 15 is 0 Å². The van der Waals surface area contributed by atoms with Crippen LogP contribution in [0.1, 0.15) is 19.8 Å². The van der Waals surface area contributed by atoms with Crippen molar-refractivity contribution < 1.29 is 13.2 Å². The van der Waals surface area contributed by atoms with Gasteiger partial charge in [-0.05, 0) is 26.3 Å². The maximum atomic E-state index is 11.9. The van der Waals surface area contributed by atoms with E-state index < -0.39 is 10.0 Å². The molecule has 118 valence electrons. The van der Waals surface area contributed by atoms with Crippen molar-refractivity contribution in [2.24, 2.45) is 0 Å². The van der Waals surface area contributed by atoms with Gasteiger partial charge in [-0.15, -0.1) is 0 Å². The maximum absolute atomic E-state index is 11.9. The highest BCUT2D eigenvalue weighted by molar-refractivity contribution is 7.89. The largest absolute Gasteiger partial charge is 0.377 e. The van der Waals surface area contributed by atoms with Gasteiger partial charge in [-0.2, -0.15) is 0 Å². The summed E-state index contributed by atoms with van der Waals surface area (Å²) in [5.74, 6) is 0. The summed E-state index contributed by atoms with van der Waals surface area (Å²) in [5, 5.41) is -0.0400. The first-order chi connectivity index (χ1) is 10.1. The summed E-state index contributed by atoms with van der Waals surface area (Å²) >= 11 is 0. The minimum Gasteiger partial charge on any atom is -0.377 e. The third-order valence-corrected chi connectivity index (χ3v) is 4.64. The second-order valence-corrected chi connectivity index (χ2v) is 6.84. The van der Waals surface area contributed by atoms with Crippen molar-refractivity contribution in [1.29, 1.82) is 0 Å². The monoisotopic (exact) mass is 314 g/mol. The number of ether oxygens (including phenoxy) is 1. The van der Waals surface area contributed by atoms with Gasteiger partial charge in [0.25, 0.3) is 10.0 Å². The first kappa shape index (κ1) is 16.3. The molecule has 2 heterocycles. The highest BCUT2D eigenvalue weighted by Crippen LogP contribution is 2.06. The lowest BCUT2D eigenvalue weighted by Gasteiger charge is -2.21. The van der Waals surface area contributed by atoms with E-state index in [-0.39, 0.29) is 11.1 Å². The SMILES string of the molecule is CC1CN(CCCNS(=O)(=O)c2cnccn2)CCCO1. The fourth-order valence-corrected chi connectivity index (χ4v) is 3.25. The summed E-state index contributed by atoms with van der Waals surface area (Å²) in [4.78, 5) is 9.88. The molecule has 0 amide bonds. The van der Waals surface area contributed by atoms with Crippen LogP contribution < -0.4 is 4.72 Å². The topological polar surface area (TPSA) is 84.4 Å². The van der Waals surface area contributed by atoms with Gasteiger partial charge in [0.05, 0.1) is 12.3 Å². The fourth-order valence-electron chi connectivity index (χ4n) is 2.29. The number of nitrogens with one attached hydrogen (secondary N) is 1. The van der Waals surface area contributed by atoms with Crippen molar-refractivity contribution in [3.63, 3.8) is 0 Å². The second kappa shape index (κ2) is 7.79. The van der Waals surface area contributed by atoms with E-state index in [1.165, 1.54) is 18.6 Å². The lowest BCUT2D eigenvalue weighted by molar-refractivity contribution is 0.0677. The van der Waals surface area contributed by atoms with Gasteiger partial charge in [-0.1, -0.05) is 0 Å². The predicted molar refractivity (Wildman–Crippen MR) is 78.3 cm³/mol. The minimum absolute atomic E-state index is 0.0400. The summed E-state index contributed by atoms with van der Waals surface area (Å²) in [7, 11) is -3.55. The molecule has 1 saturated heterocycles. The van der Waals surface area contributed by atoms with Crippen molar-refractivity contribution in [3.8, 4) is 0 Å². The Bertz CT molecular complexity index is 523. The van der Waals surface area contributed by atoms with E-state index in [0.29, 0.717) is 6.54 Å². The molecular weight excluding hydrogens is 292 g/mol. The van der Waals surface area contributed by atoms with Crippen molar-refractivity contribution >= 4 is 10.0 Å². The van der Waals surface area contributed by atoms with Gasteiger partial charge in [-0.25, -0.2) is 18.1 Å². The normalized spacial score (nSPS) is 21.1. The molecule has 0 spiro atoms. The molecule has 0 aromatic carbocycles. The summed E-state index contributed by atoms with van der Waals surface area (Å²) in [6, 6.07) is 0. The zero-order valence-electron chi connectivity index (χ0n) is 12.2. The van der Waals surface area contributed by atoms with Crippen LogP contribution in [0, 0.1) is 0 Å². The average Bonchev–Trinajstić information content (AvgIpc) is 2.69. The van der Waals surface area contributed by atoms with Gasteiger partial charge in [0, 0.05) is 38.6 Å². The Morgan fingerprint density at radius 2 is 2.33 bits per heavy atom. The third kappa shape index (κ3) is 5.31. The molecule has 0 bridgehead atoms. The van der Waals surface area contributed by atoms with Crippen LogP contribution in [0.2, 0.25) is 0 Å². The Kier molecular flexibility index (Phi) is 6.04. The standard InChI is InChI=1S/C13H22N4O3S/c1-12-11-17(8-3-9-20-12)7-2-4-16-21(18,19)13-10-14-5-6-15-13/h5-6,10,12,16H,2-4,7-9,11H2,1H3. The van der Waals surface area contributed by atoms with Gasteiger partial charge < -0.3 is 9.64 Å². The Balaban J connectivity index is 1.74. The molecule has 0 saturated carbocycles. The van der Waals surface area contributed by atoms with Crippen LogP contribution in [-0.2, 0) is 14.8 Å². The van der Waals surface area contributed by atoms with Crippen LogP contribution in [0.25, 0.3) is 0 Å². The minimum atomic E-state index is -3.55. The third-order valence-electron chi connectivity index (χ3n) is 3.29. The smallest absolute Gasteiger partial charge is 0.259 e. The van der Waals surface area contributed by atoms with E-state index in [9.17, 15) is 8.42 Å². The maximum Gasteiger partial charge on any atom is 0.259 e. The second-order valence-electron chi connectivity index (χ2n) is 5.13. The predicted octanol–water partition coefficient (Wildman–Crippen LogP) is 0.256. The van der Waals surface area contributed by atoms with Crippen molar-refractivity contribution in [2.45, 2.75) is 30.9 Å². The Morgan fingerprint density at radius 1 is 1.48 bits per heavy atom. The van der Waals surface area contributed by atoms with Crippen molar-refractivity contribution in [1.82, 2.24) is 19.6 Å². The highest BCUT2D eigenvalue weighted by Gasteiger charge is 2.16. The number of aromatic nitrogens is 2. The Morgan fingerprint density at radius 3 is 3.10 bits per heavy atom. The van der Waals surface area contributed by atoms with Crippen LogP contribution in [0.4, 0.5) is 0 Å². The van der Waals surface area contributed by atoms with Gasteiger partial charge in [-0.3, -0.25) is 4.98 Å². The first-order valence-electron chi connectivity index (χ1n) is 7.17. The molecule has 7 nitrogen and oxygen atoms in total. The molecule has 0 aliphatic carbocycles. The van der Waals surface area contributed by atoms with Crippen LogP contribution in [0.5, 0.6) is 0 Å². The molecule has 1 fully saturated rings. The molecule has 1 aromatic heterocycles. The molecule has 1 N–H and O–H groups in total.